The number of rotatable bonds is 4. The summed E-state index contributed by atoms with van der Waals surface area (Å²) < 4.78 is 1.78. The lowest BCUT2D eigenvalue weighted by atomic mass is 10.0. The predicted octanol–water partition coefficient (Wildman–Crippen LogP) is 3.26. The Bertz CT molecular complexity index is 783. The molecule has 0 aliphatic heterocycles. The van der Waals surface area contributed by atoms with E-state index in [-0.39, 0.29) is 0 Å². The third kappa shape index (κ3) is 3.61. The minimum atomic E-state index is 0.323. The van der Waals surface area contributed by atoms with E-state index in [1.54, 1.807) is 10.9 Å². The number of fused-ring (bicyclic) bond motifs is 1. The Balaban J connectivity index is 1.39. The highest BCUT2D eigenvalue weighted by molar-refractivity contribution is 5.34. The number of nitrogens with zero attached hydrogens (tertiary/aromatic N) is 4. The molecule has 0 saturated heterocycles. The molecule has 0 spiro atoms. The molecule has 4 rings (SSSR count). The molecule has 2 heterocycles. The summed E-state index contributed by atoms with van der Waals surface area (Å²) in [6.07, 6.45) is 9.94. The molecular formula is C20H23N5. The first-order valence-electron chi connectivity index (χ1n) is 8.95. The highest BCUT2D eigenvalue weighted by Gasteiger charge is 2.18. The average Bonchev–Trinajstić information content (AvgIpc) is 3.12. The van der Waals surface area contributed by atoms with Gasteiger partial charge < -0.3 is 5.32 Å². The van der Waals surface area contributed by atoms with Crippen LogP contribution in [0.5, 0.6) is 0 Å². The summed E-state index contributed by atoms with van der Waals surface area (Å²) in [6.45, 7) is 2.24. The van der Waals surface area contributed by atoms with Gasteiger partial charge in [-0.05, 0) is 61.9 Å². The zero-order chi connectivity index (χ0) is 17.1. The lowest BCUT2D eigenvalue weighted by Gasteiger charge is -2.22. The number of aryl methyl sites for hydroxylation is 2. The Morgan fingerprint density at radius 2 is 1.92 bits per heavy atom. The summed E-state index contributed by atoms with van der Waals surface area (Å²) >= 11 is 0. The zero-order valence-electron chi connectivity index (χ0n) is 14.5. The van der Waals surface area contributed by atoms with Crippen molar-refractivity contribution in [3.8, 4) is 5.69 Å². The van der Waals surface area contributed by atoms with Gasteiger partial charge in [0.1, 0.15) is 0 Å². The summed E-state index contributed by atoms with van der Waals surface area (Å²) in [5, 5.41) is 11.7. The molecule has 5 heteroatoms. The van der Waals surface area contributed by atoms with E-state index in [1.807, 2.05) is 18.5 Å². The molecule has 0 fully saturated rings. The summed E-state index contributed by atoms with van der Waals surface area (Å²) in [7, 11) is 0. The minimum Gasteiger partial charge on any atom is -0.307 e. The van der Waals surface area contributed by atoms with Crippen LogP contribution in [0.15, 0.2) is 55.0 Å². The second-order valence-corrected chi connectivity index (χ2v) is 6.71. The van der Waals surface area contributed by atoms with Crippen LogP contribution in [0.25, 0.3) is 5.69 Å². The Labute approximate surface area is 148 Å². The third-order valence-corrected chi connectivity index (χ3v) is 5.04. The molecule has 1 aliphatic carbocycles. The molecule has 1 aromatic carbocycles. The van der Waals surface area contributed by atoms with Gasteiger partial charge in [0.05, 0.1) is 18.1 Å². The average molecular weight is 333 g/mol. The molecule has 25 heavy (non-hydrogen) atoms. The van der Waals surface area contributed by atoms with Gasteiger partial charge >= 0.3 is 0 Å². The van der Waals surface area contributed by atoms with Crippen molar-refractivity contribution in [1.82, 2.24) is 25.3 Å². The molecule has 0 saturated carbocycles. The van der Waals surface area contributed by atoms with Crippen molar-refractivity contribution >= 4 is 0 Å². The summed E-state index contributed by atoms with van der Waals surface area (Å²) in [5.74, 6) is 0. The third-order valence-electron chi connectivity index (χ3n) is 5.04. The maximum atomic E-state index is 4.54. The molecule has 0 radical (unpaired) electrons. The standard InChI is InChI=1S/C20H23N5/c1-15(16-5-9-19(10-6-16)25-14-13-22-24-25)23-18-7-4-17-3-2-12-21-20(17)11-8-18/h2-3,5-6,9-10,12-15,18,23H,4,7-8,11H2,1H3/t15-,18-/m1/s1. The van der Waals surface area contributed by atoms with Crippen LogP contribution in [0.1, 0.15) is 42.6 Å². The van der Waals surface area contributed by atoms with Gasteiger partial charge in [0.2, 0.25) is 0 Å². The first kappa shape index (κ1) is 16.0. The van der Waals surface area contributed by atoms with E-state index in [2.05, 4.69) is 57.9 Å². The molecule has 0 bridgehead atoms. The van der Waals surface area contributed by atoms with E-state index >= 15 is 0 Å². The molecule has 2 atom stereocenters. The van der Waals surface area contributed by atoms with Crippen LogP contribution in [-0.4, -0.2) is 26.0 Å². The summed E-state index contributed by atoms with van der Waals surface area (Å²) in [5.41, 5.74) is 5.02. The van der Waals surface area contributed by atoms with E-state index < -0.39 is 0 Å². The van der Waals surface area contributed by atoms with Crippen LogP contribution in [0, 0.1) is 0 Å². The fourth-order valence-corrected chi connectivity index (χ4v) is 3.59. The lowest BCUT2D eigenvalue weighted by molar-refractivity contribution is 0.416. The maximum Gasteiger partial charge on any atom is 0.0697 e. The number of benzene rings is 1. The Kier molecular flexibility index (Phi) is 4.57. The monoisotopic (exact) mass is 333 g/mol. The topological polar surface area (TPSA) is 55.6 Å². The Hall–Kier alpha value is -2.53. The largest absolute Gasteiger partial charge is 0.307 e. The highest BCUT2D eigenvalue weighted by Crippen LogP contribution is 2.22. The van der Waals surface area contributed by atoms with Crippen molar-refractivity contribution in [2.24, 2.45) is 0 Å². The van der Waals surface area contributed by atoms with Crippen LogP contribution in [0.3, 0.4) is 0 Å². The summed E-state index contributed by atoms with van der Waals surface area (Å²) in [6, 6.07) is 13.6. The van der Waals surface area contributed by atoms with E-state index in [0.717, 1.165) is 24.9 Å². The summed E-state index contributed by atoms with van der Waals surface area (Å²) in [4.78, 5) is 4.54. The number of hydrogen-bond donors (Lipinski definition) is 1. The molecular weight excluding hydrogens is 310 g/mol. The highest BCUT2D eigenvalue weighted by atomic mass is 15.4. The molecule has 5 nitrogen and oxygen atoms in total. The van der Waals surface area contributed by atoms with Crippen molar-refractivity contribution < 1.29 is 0 Å². The number of pyridine rings is 1. The molecule has 0 amide bonds. The molecule has 128 valence electrons. The van der Waals surface area contributed by atoms with Gasteiger partial charge in [-0.2, -0.15) is 0 Å². The van der Waals surface area contributed by atoms with Gasteiger partial charge in [-0.15, -0.1) is 5.10 Å². The van der Waals surface area contributed by atoms with E-state index in [4.69, 9.17) is 0 Å². The first-order valence-corrected chi connectivity index (χ1v) is 8.95. The van der Waals surface area contributed by atoms with Crippen LogP contribution < -0.4 is 5.32 Å². The van der Waals surface area contributed by atoms with Crippen molar-refractivity contribution in [1.29, 1.82) is 0 Å². The van der Waals surface area contributed by atoms with E-state index in [1.165, 1.54) is 23.2 Å². The van der Waals surface area contributed by atoms with Crippen LogP contribution >= 0.6 is 0 Å². The number of aromatic nitrogens is 4. The van der Waals surface area contributed by atoms with Gasteiger partial charge in [0, 0.05) is 24.0 Å². The second kappa shape index (κ2) is 7.15. The predicted molar refractivity (Wildman–Crippen MR) is 97.6 cm³/mol. The molecule has 0 unspecified atom stereocenters. The fourth-order valence-electron chi connectivity index (χ4n) is 3.59. The van der Waals surface area contributed by atoms with Crippen molar-refractivity contribution in [3.63, 3.8) is 0 Å². The van der Waals surface area contributed by atoms with Crippen molar-refractivity contribution in [3.05, 3.63) is 71.8 Å². The molecule has 1 N–H and O–H groups in total. The normalized spacial score (nSPS) is 18.4. The van der Waals surface area contributed by atoms with Gasteiger partial charge in [-0.3, -0.25) is 4.98 Å². The second-order valence-electron chi connectivity index (χ2n) is 6.71. The maximum absolute atomic E-state index is 4.54. The first-order chi connectivity index (χ1) is 12.3. The van der Waals surface area contributed by atoms with Crippen LogP contribution in [0.4, 0.5) is 0 Å². The van der Waals surface area contributed by atoms with Crippen LogP contribution in [0.2, 0.25) is 0 Å². The van der Waals surface area contributed by atoms with Crippen LogP contribution in [-0.2, 0) is 12.8 Å². The van der Waals surface area contributed by atoms with Gasteiger partial charge in [-0.1, -0.05) is 23.4 Å². The quantitative estimate of drug-likeness (QED) is 0.745. The number of nitrogens with one attached hydrogen (secondary N) is 1. The van der Waals surface area contributed by atoms with E-state index in [9.17, 15) is 0 Å². The Morgan fingerprint density at radius 1 is 1.08 bits per heavy atom. The Morgan fingerprint density at radius 3 is 2.72 bits per heavy atom. The lowest BCUT2D eigenvalue weighted by Crippen LogP contribution is -2.31. The van der Waals surface area contributed by atoms with Gasteiger partial charge in [0.15, 0.2) is 0 Å². The molecule has 3 aromatic rings. The SMILES string of the molecule is C[C@@H](N[C@@H]1CCc2cccnc2CC1)c1ccc(-n2ccnn2)cc1. The molecule has 2 aromatic heterocycles. The van der Waals surface area contributed by atoms with Crippen molar-refractivity contribution in [2.75, 3.05) is 0 Å². The van der Waals surface area contributed by atoms with Gasteiger partial charge in [-0.25, -0.2) is 4.68 Å². The molecule has 1 aliphatic rings. The smallest absolute Gasteiger partial charge is 0.0697 e. The van der Waals surface area contributed by atoms with Gasteiger partial charge in [0.25, 0.3) is 0 Å². The number of hydrogen-bond acceptors (Lipinski definition) is 4. The van der Waals surface area contributed by atoms with Crippen molar-refractivity contribution in [2.45, 2.75) is 44.7 Å². The fraction of sp³-hybridized carbons (Fsp3) is 0.350. The zero-order valence-corrected chi connectivity index (χ0v) is 14.5. The van der Waals surface area contributed by atoms with E-state index in [0.29, 0.717) is 12.1 Å². The minimum absolute atomic E-state index is 0.323.